The largest absolute Gasteiger partial charge is 0.454 e. The number of amides is 2. The Morgan fingerprint density at radius 3 is 2.70 bits per heavy atom. The average molecular weight is 447 g/mol. The number of aryl methyl sites for hydroxylation is 1. The number of piperidine rings is 1. The van der Waals surface area contributed by atoms with Crippen LogP contribution in [0, 0.1) is 6.92 Å². The molecule has 1 aromatic heterocycles. The number of nitrogens with zero attached hydrogens (tertiary/aromatic N) is 3. The van der Waals surface area contributed by atoms with Crippen LogP contribution in [0.15, 0.2) is 54.7 Å². The lowest BCUT2D eigenvalue weighted by Crippen LogP contribution is -2.40. The molecule has 0 aliphatic carbocycles. The van der Waals surface area contributed by atoms with Crippen LogP contribution in [-0.4, -0.2) is 46.4 Å². The van der Waals surface area contributed by atoms with E-state index in [9.17, 15) is 9.59 Å². The number of fused-ring (bicyclic) bond motifs is 1. The summed E-state index contributed by atoms with van der Waals surface area (Å²) in [4.78, 5) is 27.5. The van der Waals surface area contributed by atoms with E-state index in [1.807, 2.05) is 34.7 Å². The summed E-state index contributed by atoms with van der Waals surface area (Å²) in [5, 5.41) is 7.40. The minimum absolute atomic E-state index is 0.120. The highest BCUT2D eigenvalue weighted by Gasteiger charge is 2.26. The maximum atomic E-state index is 12.8. The van der Waals surface area contributed by atoms with Gasteiger partial charge in [-0.1, -0.05) is 29.8 Å². The van der Waals surface area contributed by atoms with Gasteiger partial charge in [-0.25, -0.2) is 4.68 Å². The summed E-state index contributed by atoms with van der Waals surface area (Å²) in [6.45, 7) is 3.54. The number of hydrogen-bond donors (Lipinski definition) is 1. The Morgan fingerprint density at radius 2 is 1.88 bits per heavy atom. The molecule has 2 aliphatic rings. The number of anilines is 1. The van der Waals surface area contributed by atoms with Crippen LogP contribution in [0.2, 0.25) is 0 Å². The molecule has 170 valence electrons. The summed E-state index contributed by atoms with van der Waals surface area (Å²) in [7, 11) is 0. The Kier molecular flexibility index (Phi) is 5.73. The predicted molar refractivity (Wildman–Crippen MR) is 122 cm³/mol. The molecule has 0 saturated carbocycles. The lowest BCUT2D eigenvalue weighted by Gasteiger charge is -2.33. The van der Waals surface area contributed by atoms with E-state index in [0.29, 0.717) is 42.4 Å². The molecule has 2 aromatic carbocycles. The van der Waals surface area contributed by atoms with E-state index in [1.165, 1.54) is 0 Å². The summed E-state index contributed by atoms with van der Waals surface area (Å²) in [6.07, 6.45) is 3.68. The molecule has 8 heteroatoms. The van der Waals surface area contributed by atoms with Crippen LogP contribution in [0.3, 0.4) is 0 Å². The Labute approximate surface area is 192 Å². The number of hydrogen-bond acceptors (Lipinski definition) is 5. The van der Waals surface area contributed by atoms with Crippen molar-refractivity contribution >= 4 is 17.6 Å². The summed E-state index contributed by atoms with van der Waals surface area (Å²) in [5.74, 6) is 1.76. The van der Waals surface area contributed by atoms with Gasteiger partial charge in [-0.05, 0) is 43.5 Å². The minimum atomic E-state index is -0.235. The first kappa shape index (κ1) is 21.1. The fourth-order valence-corrected chi connectivity index (χ4v) is 4.40. The van der Waals surface area contributed by atoms with Crippen molar-refractivity contribution in [1.82, 2.24) is 14.7 Å². The van der Waals surface area contributed by atoms with Crippen molar-refractivity contribution in [2.75, 3.05) is 25.2 Å². The Hall–Kier alpha value is -3.81. The highest BCUT2D eigenvalue weighted by molar-refractivity contribution is 6.04. The van der Waals surface area contributed by atoms with Crippen LogP contribution in [0.5, 0.6) is 11.5 Å². The fraction of sp³-hybridized carbons (Fsp3) is 0.320. The van der Waals surface area contributed by atoms with Crippen molar-refractivity contribution in [3.8, 4) is 11.5 Å². The molecule has 0 radical (unpaired) electrons. The van der Waals surface area contributed by atoms with E-state index in [2.05, 4.69) is 16.5 Å². The molecule has 0 atom stereocenters. The normalized spacial score (nSPS) is 15.5. The van der Waals surface area contributed by atoms with Crippen molar-refractivity contribution in [2.24, 2.45) is 0 Å². The number of rotatable bonds is 5. The number of benzene rings is 2. The molecular weight excluding hydrogens is 420 g/mol. The standard InChI is InChI=1S/C25H26N4O4/c1-17-3-2-4-18(13-17)14-24(30)28-11-8-20(9-12-28)29-23(7-10-26-29)27-25(31)19-5-6-21-22(15-19)33-16-32-21/h2-7,10,13,15,20H,8-9,11-12,14,16H2,1H3,(H,27,31). The first-order valence-corrected chi connectivity index (χ1v) is 11.1. The van der Waals surface area contributed by atoms with Crippen LogP contribution in [-0.2, 0) is 11.2 Å². The molecule has 3 aromatic rings. The number of likely N-dealkylation sites (tertiary alicyclic amines) is 1. The van der Waals surface area contributed by atoms with Crippen LogP contribution < -0.4 is 14.8 Å². The number of carbonyl (C=O) groups excluding carboxylic acids is 2. The van der Waals surface area contributed by atoms with Gasteiger partial charge in [-0.3, -0.25) is 9.59 Å². The van der Waals surface area contributed by atoms with Gasteiger partial charge in [0, 0.05) is 24.7 Å². The van der Waals surface area contributed by atoms with Gasteiger partial charge in [0.15, 0.2) is 11.5 Å². The van der Waals surface area contributed by atoms with Crippen LogP contribution in [0.4, 0.5) is 5.82 Å². The summed E-state index contributed by atoms with van der Waals surface area (Å²) in [5.41, 5.74) is 2.69. The first-order valence-electron chi connectivity index (χ1n) is 11.1. The van der Waals surface area contributed by atoms with Crippen molar-refractivity contribution < 1.29 is 19.1 Å². The zero-order valence-corrected chi connectivity index (χ0v) is 18.5. The average Bonchev–Trinajstić information content (AvgIpc) is 3.48. The summed E-state index contributed by atoms with van der Waals surface area (Å²) in [6, 6.07) is 15.1. The van der Waals surface area contributed by atoms with Crippen molar-refractivity contribution in [3.05, 3.63) is 71.4 Å². The van der Waals surface area contributed by atoms with Gasteiger partial charge >= 0.3 is 0 Å². The quantitative estimate of drug-likeness (QED) is 0.648. The molecule has 5 rings (SSSR count). The molecule has 0 bridgehead atoms. The molecule has 3 heterocycles. The van der Waals surface area contributed by atoms with Gasteiger partial charge in [0.05, 0.1) is 18.7 Å². The third-order valence-corrected chi connectivity index (χ3v) is 6.15. The molecule has 2 amide bonds. The van der Waals surface area contributed by atoms with E-state index < -0.39 is 0 Å². The second-order valence-corrected chi connectivity index (χ2v) is 8.46. The van der Waals surface area contributed by atoms with Gasteiger partial charge in [0.2, 0.25) is 12.7 Å². The van der Waals surface area contributed by atoms with Crippen molar-refractivity contribution in [1.29, 1.82) is 0 Å². The number of aromatic nitrogens is 2. The van der Waals surface area contributed by atoms with E-state index in [0.717, 1.165) is 24.0 Å². The zero-order chi connectivity index (χ0) is 22.8. The van der Waals surface area contributed by atoms with Crippen molar-refractivity contribution in [2.45, 2.75) is 32.2 Å². The van der Waals surface area contributed by atoms with Gasteiger partial charge in [0.1, 0.15) is 5.82 Å². The molecule has 8 nitrogen and oxygen atoms in total. The van der Waals surface area contributed by atoms with Gasteiger partial charge < -0.3 is 19.7 Å². The summed E-state index contributed by atoms with van der Waals surface area (Å²) < 4.78 is 12.5. The van der Waals surface area contributed by atoms with E-state index in [4.69, 9.17) is 9.47 Å². The lowest BCUT2D eigenvalue weighted by molar-refractivity contribution is -0.131. The third kappa shape index (κ3) is 4.55. The van der Waals surface area contributed by atoms with E-state index >= 15 is 0 Å². The molecule has 1 N–H and O–H groups in total. The second kappa shape index (κ2) is 8.97. The highest BCUT2D eigenvalue weighted by Crippen LogP contribution is 2.33. The maximum Gasteiger partial charge on any atom is 0.256 e. The number of nitrogens with one attached hydrogen (secondary N) is 1. The molecule has 1 fully saturated rings. The monoisotopic (exact) mass is 446 g/mol. The molecule has 2 aliphatic heterocycles. The Morgan fingerprint density at radius 1 is 1.06 bits per heavy atom. The minimum Gasteiger partial charge on any atom is -0.454 e. The fourth-order valence-electron chi connectivity index (χ4n) is 4.40. The zero-order valence-electron chi connectivity index (χ0n) is 18.5. The van der Waals surface area contributed by atoms with Crippen LogP contribution >= 0.6 is 0 Å². The molecule has 33 heavy (non-hydrogen) atoms. The first-order chi connectivity index (χ1) is 16.1. The van der Waals surface area contributed by atoms with Gasteiger partial charge in [-0.15, -0.1) is 0 Å². The second-order valence-electron chi connectivity index (χ2n) is 8.46. The molecular formula is C25H26N4O4. The number of carbonyl (C=O) groups is 2. The smallest absolute Gasteiger partial charge is 0.256 e. The SMILES string of the molecule is Cc1cccc(CC(=O)N2CCC(n3nccc3NC(=O)c3ccc4c(c3)OCO4)CC2)c1. The lowest BCUT2D eigenvalue weighted by atomic mass is 10.0. The van der Waals surface area contributed by atoms with Crippen LogP contribution in [0.25, 0.3) is 0 Å². The van der Waals surface area contributed by atoms with Gasteiger partial charge in [0.25, 0.3) is 5.91 Å². The maximum absolute atomic E-state index is 12.8. The predicted octanol–water partition coefficient (Wildman–Crippen LogP) is 3.58. The Bertz CT molecular complexity index is 1180. The molecule has 1 saturated heterocycles. The van der Waals surface area contributed by atoms with Crippen LogP contribution in [0.1, 0.15) is 40.4 Å². The van der Waals surface area contributed by atoms with Crippen molar-refractivity contribution in [3.63, 3.8) is 0 Å². The highest BCUT2D eigenvalue weighted by atomic mass is 16.7. The number of ether oxygens (including phenoxy) is 2. The third-order valence-electron chi connectivity index (χ3n) is 6.15. The van der Waals surface area contributed by atoms with Gasteiger partial charge in [-0.2, -0.15) is 5.10 Å². The topological polar surface area (TPSA) is 85.7 Å². The summed E-state index contributed by atoms with van der Waals surface area (Å²) >= 11 is 0. The van der Waals surface area contributed by atoms with E-state index in [1.54, 1.807) is 30.5 Å². The molecule has 0 spiro atoms. The van der Waals surface area contributed by atoms with E-state index in [-0.39, 0.29) is 24.6 Å². The Balaban J connectivity index is 1.19. The molecule has 0 unspecified atom stereocenters.